The zero-order chi connectivity index (χ0) is 11.7. The number of nitrogens with zero attached hydrogens (tertiary/aromatic N) is 4. The minimum Gasteiger partial charge on any atom is -0.373 e. The molecule has 2 aromatic heterocycles. The Morgan fingerprint density at radius 2 is 2.18 bits per heavy atom. The summed E-state index contributed by atoms with van der Waals surface area (Å²) in [5.41, 5.74) is 3.03. The highest BCUT2D eigenvalue weighted by molar-refractivity contribution is 7.98. The number of anilines is 1. The summed E-state index contributed by atoms with van der Waals surface area (Å²) in [7, 11) is 1.88. The van der Waals surface area contributed by atoms with Gasteiger partial charge < -0.3 is 5.32 Å². The molecule has 5 nitrogen and oxygen atoms in total. The van der Waals surface area contributed by atoms with Crippen molar-refractivity contribution in [2.45, 2.75) is 11.5 Å². The Bertz CT molecular complexity index is 543. The van der Waals surface area contributed by atoms with E-state index in [0.717, 1.165) is 23.0 Å². The normalized spacial score (nSPS) is 13.5. The van der Waals surface area contributed by atoms with Gasteiger partial charge >= 0.3 is 0 Å². The minimum absolute atomic E-state index is 0.642. The topological polar surface area (TPSA) is 63.6 Å². The molecule has 17 heavy (non-hydrogen) atoms. The highest BCUT2D eigenvalue weighted by Crippen LogP contribution is 2.33. The monoisotopic (exact) mass is 245 g/mol. The third-order valence-corrected chi connectivity index (χ3v) is 3.58. The molecule has 3 rings (SSSR count). The fraction of sp³-hybridized carbons (Fsp3) is 0.273. The van der Waals surface area contributed by atoms with Crippen LogP contribution in [-0.4, -0.2) is 27.0 Å². The molecule has 1 aliphatic heterocycles. The van der Waals surface area contributed by atoms with Gasteiger partial charge in [-0.3, -0.25) is 4.98 Å². The summed E-state index contributed by atoms with van der Waals surface area (Å²) in [5, 5.41) is 3.12. The Morgan fingerprint density at radius 1 is 1.24 bits per heavy atom. The maximum atomic E-state index is 4.56. The molecule has 0 bridgehead atoms. The number of nitrogens with one attached hydrogen (secondary N) is 1. The van der Waals surface area contributed by atoms with E-state index in [1.54, 1.807) is 18.6 Å². The highest BCUT2D eigenvalue weighted by atomic mass is 32.2. The lowest BCUT2D eigenvalue weighted by Gasteiger charge is -2.08. The summed E-state index contributed by atoms with van der Waals surface area (Å²) in [6, 6.07) is 0. The molecule has 6 heteroatoms. The smallest absolute Gasteiger partial charge is 0.182 e. The third-order valence-electron chi connectivity index (χ3n) is 2.61. The molecule has 0 atom stereocenters. The van der Waals surface area contributed by atoms with Crippen molar-refractivity contribution in [3.8, 4) is 11.5 Å². The number of hydrogen-bond acceptors (Lipinski definition) is 6. The molecule has 0 aromatic carbocycles. The number of fused-ring (bicyclic) bond motifs is 1. The Labute approximate surface area is 103 Å². The first-order valence-corrected chi connectivity index (χ1v) is 6.45. The predicted molar refractivity (Wildman–Crippen MR) is 67.6 cm³/mol. The molecular weight excluding hydrogens is 234 g/mol. The van der Waals surface area contributed by atoms with Gasteiger partial charge in [0.1, 0.15) is 11.5 Å². The Balaban J connectivity index is 2.13. The van der Waals surface area contributed by atoms with Gasteiger partial charge in [0.25, 0.3) is 0 Å². The number of hydrogen-bond donors (Lipinski definition) is 1. The summed E-state index contributed by atoms with van der Waals surface area (Å²) < 4.78 is 0. The molecule has 1 aliphatic rings. The maximum Gasteiger partial charge on any atom is 0.182 e. The zero-order valence-corrected chi connectivity index (χ0v) is 10.2. The van der Waals surface area contributed by atoms with Crippen LogP contribution in [0.25, 0.3) is 11.5 Å². The van der Waals surface area contributed by atoms with Crippen molar-refractivity contribution in [2.24, 2.45) is 0 Å². The Hall–Kier alpha value is -1.69. The van der Waals surface area contributed by atoms with Gasteiger partial charge in [0, 0.05) is 36.5 Å². The summed E-state index contributed by atoms with van der Waals surface area (Å²) in [4.78, 5) is 17.3. The molecule has 3 heterocycles. The van der Waals surface area contributed by atoms with Crippen LogP contribution in [0.3, 0.4) is 0 Å². The van der Waals surface area contributed by atoms with E-state index < -0.39 is 0 Å². The average Bonchev–Trinajstić information content (AvgIpc) is 2.86. The zero-order valence-electron chi connectivity index (χ0n) is 9.34. The van der Waals surface area contributed by atoms with Gasteiger partial charge in [0.05, 0.1) is 11.9 Å². The van der Waals surface area contributed by atoms with Crippen molar-refractivity contribution in [1.82, 2.24) is 19.9 Å². The van der Waals surface area contributed by atoms with Gasteiger partial charge in [0.15, 0.2) is 5.82 Å². The van der Waals surface area contributed by atoms with Crippen LogP contribution in [0.2, 0.25) is 0 Å². The molecule has 0 amide bonds. The quantitative estimate of drug-likeness (QED) is 0.869. The van der Waals surface area contributed by atoms with E-state index in [1.807, 2.05) is 18.8 Å². The second-order valence-corrected chi connectivity index (χ2v) is 4.64. The van der Waals surface area contributed by atoms with Crippen molar-refractivity contribution in [1.29, 1.82) is 0 Å². The summed E-state index contributed by atoms with van der Waals surface area (Å²) in [5.74, 6) is 3.47. The molecule has 86 valence electrons. The lowest BCUT2D eigenvalue weighted by molar-refractivity contribution is 1.05. The first-order chi connectivity index (χ1) is 8.38. The van der Waals surface area contributed by atoms with Crippen LogP contribution < -0.4 is 5.32 Å². The van der Waals surface area contributed by atoms with Crippen LogP contribution >= 0.6 is 11.8 Å². The first-order valence-electron chi connectivity index (χ1n) is 5.30. The molecule has 0 saturated carbocycles. The summed E-state index contributed by atoms with van der Waals surface area (Å²) in [6.07, 6.45) is 4.98. The SMILES string of the molecule is CNc1nc(-c2cnccn2)nc2c1CSC2. The average molecular weight is 245 g/mol. The Morgan fingerprint density at radius 3 is 2.94 bits per heavy atom. The van der Waals surface area contributed by atoms with Crippen LogP contribution in [0.4, 0.5) is 5.82 Å². The van der Waals surface area contributed by atoms with Gasteiger partial charge in [-0.25, -0.2) is 15.0 Å². The van der Waals surface area contributed by atoms with E-state index in [-0.39, 0.29) is 0 Å². The molecule has 0 radical (unpaired) electrons. The molecule has 0 saturated heterocycles. The molecule has 0 spiro atoms. The summed E-state index contributed by atoms with van der Waals surface area (Å²) in [6.45, 7) is 0. The third kappa shape index (κ3) is 1.84. The lowest BCUT2D eigenvalue weighted by atomic mass is 10.2. The number of aromatic nitrogens is 4. The van der Waals surface area contributed by atoms with E-state index in [2.05, 4.69) is 25.3 Å². The van der Waals surface area contributed by atoms with Gasteiger partial charge in [-0.2, -0.15) is 11.8 Å². The van der Waals surface area contributed by atoms with Crippen molar-refractivity contribution in [3.05, 3.63) is 29.8 Å². The molecule has 0 unspecified atom stereocenters. The first kappa shape index (κ1) is 10.5. The number of rotatable bonds is 2. The molecule has 2 aromatic rings. The maximum absolute atomic E-state index is 4.56. The molecule has 0 fully saturated rings. The second kappa shape index (κ2) is 4.29. The number of thioether (sulfide) groups is 1. The largest absolute Gasteiger partial charge is 0.373 e. The van der Waals surface area contributed by atoms with E-state index in [0.29, 0.717) is 11.5 Å². The van der Waals surface area contributed by atoms with Gasteiger partial charge in [-0.15, -0.1) is 0 Å². The van der Waals surface area contributed by atoms with Gasteiger partial charge in [-0.1, -0.05) is 0 Å². The van der Waals surface area contributed by atoms with Crippen LogP contribution in [0.1, 0.15) is 11.3 Å². The van der Waals surface area contributed by atoms with Crippen LogP contribution in [0.15, 0.2) is 18.6 Å². The standard InChI is InChI=1S/C11H11N5S/c1-12-10-7-5-17-6-9(7)15-11(16-10)8-4-13-2-3-14-8/h2-4H,5-6H2,1H3,(H,12,15,16). The van der Waals surface area contributed by atoms with E-state index in [4.69, 9.17) is 0 Å². The van der Waals surface area contributed by atoms with Gasteiger partial charge in [0.2, 0.25) is 0 Å². The van der Waals surface area contributed by atoms with Crippen molar-refractivity contribution < 1.29 is 0 Å². The van der Waals surface area contributed by atoms with Crippen molar-refractivity contribution in [2.75, 3.05) is 12.4 Å². The van der Waals surface area contributed by atoms with Crippen LogP contribution in [0, 0.1) is 0 Å². The van der Waals surface area contributed by atoms with Crippen molar-refractivity contribution >= 4 is 17.6 Å². The summed E-state index contributed by atoms with van der Waals surface area (Å²) >= 11 is 1.86. The van der Waals surface area contributed by atoms with Crippen LogP contribution in [-0.2, 0) is 11.5 Å². The minimum atomic E-state index is 0.642. The fourth-order valence-electron chi connectivity index (χ4n) is 1.79. The highest BCUT2D eigenvalue weighted by Gasteiger charge is 2.19. The fourth-order valence-corrected chi connectivity index (χ4v) is 2.83. The molecular formula is C11H11N5S. The van der Waals surface area contributed by atoms with Crippen molar-refractivity contribution in [3.63, 3.8) is 0 Å². The lowest BCUT2D eigenvalue weighted by Crippen LogP contribution is -2.04. The molecule has 1 N–H and O–H groups in total. The Kier molecular flexibility index (Phi) is 2.64. The van der Waals surface area contributed by atoms with E-state index >= 15 is 0 Å². The van der Waals surface area contributed by atoms with E-state index in [9.17, 15) is 0 Å². The molecule has 0 aliphatic carbocycles. The predicted octanol–water partition coefficient (Wildman–Crippen LogP) is 1.72. The van der Waals surface area contributed by atoms with Gasteiger partial charge in [-0.05, 0) is 0 Å². The van der Waals surface area contributed by atoms with E-state index in [1.165, 1.54) is 5.56 Å². The second-order valence-electron chi connectivity index (χ2n) is 3.65. The van der Waals surface area contributed by atoms with Crippen LogP contribution in [0.5, 0.6) is 0 Å².